The highest BCUT2D eigenvalue weighted by Gasteiger charge is 2.19. The fourth-order valence-electron chi connectivity index (χ4n) is 1.15. The van der Waals surface area contributed by atoms with Crippen molar-refractivity contribution < 1.29 is 0 Å². The van der Waals surface area contributed by atoms with Crippen molar-refractivity contribution in [2.24, 2.45) is 11.8 Å². The number of hydrogen-bond acceptors (Lipinski definition) is 0. The summed E-state index contributed by atoms with van der Waals surface area (Å²) in [5, 5.41) is 0. The third kappa shape index (κ3) is 1.57. The second-order valence-corrected chi connectivity index (χ2v) is 3.16. The standard InChI is InChI=1S/C9H16/c1-4-7(2)8(3)9-5-6-9/h5,7-8H,4,6H2,1-3H3. The van der Waals surface area contributed by atoms with E-state index in [1.807, 2.05) is 0 Å². The molecule has 0 aromatic rings. The highest BCUT2D eigenvalue weighted by molar-refractivity contribution is 5.24. The van der Waals surface area contributed by atoms with Crippen molar-refractivity contribution in [1.29, 1.82) is 0 Å². The third-order valence-corrected chi connectivity index (χ3v) is 2.52. The Morgan fingerprint density at radius 2 is 2.11 bits per heavy atom. The number of allylic oxidation sites excluding steroid dienone is 2. The Labute approximate surface area is 58.0 Å². The van der Waals surface area contributed by atoms with Gasteiger partial charge in [-0.3, -0.25) is 0 Å². The van der Waals surface area contributed by atoms with Crippen LogP contribution in [0.4, 0.5) is 0 Å². The minimum absolute atomic E-state index is 0.856. The largest absolute Gasteiger partial charge is 0.0807 e. The van der Waals surface area contributed by atoms with Crippen LogP contribution in [0, 0.1) is 11.8 Å². The normalized spacial score (nSPS) is 22.8. The molecule has 0 saturated heterocycles. The van der Waals surface area contributed by atoms with E-state index >= 15 is 0 Å². The first-order valence-electron chi connectivity index (χ1n) is 3.94. The quantitative estimate of drug-likeness (QED) is 0.507. The summed E-state index contributed by atoms with van der Waals surface area (Å²) in [5.41, 5.74) is 1.68. The van der Waals surface area contributed by atoms with Crippen LogP contribution in [0.25, 0.3) is 0 Å². The van der Waals surface area contributed by atoms with Crippen molar-refractivity contribution in [1.82, 2.24) is 0 Å². The van der Waals surface area contributed by atoms with Gasteiger partial charge in [0, 0.05) is 0 Å². The second kappa shape index (κ2) is 2.55. The van der Waals surface area contributed by atoms with Gasteiger partial charge in [-0.05, 0) is 18.3 Å². The molecule has 1 rings (SSSR count). The van der Waals surface area contributed by atoms with Crippen LogP contribution >= 0.6 is 0 Å². The summed E-state index contributed by atoms with van der Waals surface area (Å²) < 4.78 is 0. The molecule has 1 aliphatic rings. The molecule has 0 fully saturated rings. The fraction of sp³-hybridized carbons (Fsp3) is 0.778. The van der Waals surface area contributed by atoms with E-state index < -0.39 is 0 Å². The summed E-state index contributed by atoms with van der Waals surface area (Å²) in [7, 11) is 0. The maximum Gasteiger partial charge on any atom is -0.0133 e. The molecular weight excluding hydrogens is 108 g/mol. The molecule has 0 bridgehead atoms. The lowest BCUT2D eigenvalue weighted by atomic mass is 9.91. The van der Waals surface area contributed by atoms with Gasteiger partial charge in [-0.1, -0.05) is 38.8 Å². The lowest BCUT2D eigenvalue weighted by molar-refractivity contribution is 0.434. The van der Waals surface area contributed by atoms with Crippen LogP contribution in [-0.2, 0) is 0 Å². The summed E-state index contributed by atoms with van der Waals surface area (Å²) in [6.07, 6.45) is 4.96. The molecule has 9 heavy (non-hydrogen) atoms. The molecule has 0 amide bonds. The van der Waals surface area contributed by atoms with Crippen molar-refractivity contribution in [3.05, 3.63) is 11.6 Å². The average molecular weight is 124 g/mol. The lowest BCUT2D eigenvalue weighted by Crippen LogP contribution is -2.04. The summed E-state index contributed by atoms with van der Waals surface area (Å²) in [5.74, 6) is 1.74. The maximum absolute atomic E-state index is 2.34. The van der Waals surface area contributed by atoms with Gasteiger partial charge >= 0.3 is 0 Å². The van der Waals surface area contributed by atoms with Crippen LogP contribution in [0.15, 0.2) is 11.6 Å². The first-order chi connectivity index (χ1) is 4.25. The number of rotatable bonds is 3. The summed E-state index contributed by atoms with van der Waals surface area (Å²) >= 11 is 0. The molecule has 0 nitrogen and oxygen atoms in total. The van der Waals surface area contributed by atoms with E-state index in [1.54, 1.807) is 5.57 Å². The summed E-state index contributed by atoms with van der Waals surface area (Å²) in [6.45, 7) is 6.95. The zero-order valence-electron chi connectivity index (χ0n) is 6.65. The SMILES string of the molecule is CCC(C)C(C)C1=CC1. The molecule has 0 heteroatoms. The predicted octanol–water partition coefficient (Wildman–Crippen LogP) is 3.00. The van der Waals surface area contributed by atoms with Crippen molar-refractivity contribution in [2.45, 2.75) is 33.6 Å². The van der Waals surface area contributed by atoms with Gasteiger partial charge in [0.1, 0.15) is 0 Å². The van der Waals surface area contributed by atoms with Crippen molar-refractivity contribution in [3.8, 4) is 0 Å². The monoisotopic (exact) mass is 124 g/mol. The zero-order chi connectivity index (χ0) is 6.85. The van der Waals surface area contributed by atoms with Crippen LogP contribution in [-0.4, -0.2) is 0 Å². The Morgan fingerprint density at radius 3 is 2.44 bits per heavy atom. The van der Waals surface area contributed by atoms with Crippen LogP contribution in [0.1, 0.15) is 33.6 Å². The summed E-state index contributed by atoms with van der Waals surface area (Å²) in [4.78, 5) is 0. The van der Waals surface area contributed by atoms with E-state index in [4.69, 9.17) is 0 Å². The molecule has 0 aliphatic heterocycles. The Bertz CT molecular complexity index is 122. The van der Waals surface area contributed by atoms with E-state index in [0.29, 0.717) is 0 Å². The van der Waals surface area contributed by atoms with Crippen LogP contribution in [0.3, 0.4) is 0 Å². The molecule has 1 aliphatic carbocycles. The molecule has 0 saturated carbocycles. The van der Waals surface area contributed by atoms with E-state index in [9.17, 15) is 0 Å². The Kier molecular flexibility index (Phi) is 1.94. The molecule has 0 aromatic carbocycles. The van der Waals surface area contributed by atoms with Gasteiger partial charge in [-0.25, -0.2) is 0 Å². The molecule has 0 aromatic heterocycles. The molecule has 0 heterocycles. The average Bonchev–Trinajstić information content (AvgIpc) is 2.66. The van der Waals surface area contributed by atoms with E-state index in [0.717, 1.165) is 11.8 Å². The zero-order valence-corrected chi connectivity index (χ0v) is 6.65. The van der Waals surface area contributed by atoms with E-state index in [1.165, 1.54) is 12.8 Å². The van der Waals surface area contributed by atoms with Gasteiger partial charge in [-0.2, -0.15) is 0 Å². The van der Waals surface area contributed by atoms with Crippen LogP contribution in [0.2, 0.25) is 0 Å². The Morgan fingerprint density at radius 1 is 1.56 bits per heavy atom. The van der Waals surface area contributed by atoms with Crippen molar-refractivity contribution in [3.63, 3.8) is 0 Å². The van der Waals surface area contributed by atoms with E-state index in [-0.39, 0.29) is 0 Å². The smallest absolute Gasteiger partial charge is 0.0133 e. The summed E-state index contributed by atoms with van der Waals surface area (Å²) in [6, 6.07) is 0. The van der Waals surface area contributed by atoms with Crippen molar-refractivity contribution in [2.75, 3.05) is 0 Å². The van der Waals surface area contributed by atoms with Gasteiger partial charge in [0.05, 0.1) is 0 Å². The van der Waals surface area contributed by atoms with Crippen LogP contribution in [0.5, 0.6) is 0 Å². The predicted molar refractivity (Wildman–Crippen MR) is 41.3 cm³/mol. The fourth-order valence-corrected chi connectivity index (χ4v) is 1.15. The number of hydrogen-bond donors (Lipinski definition) is 0. The Hall–Kier alpha value is -0.260. The lowest BCUT2D eigenvalue weighted by Gasteiger charge is -2.14. The van der Waals surface area contributed by atoms with Gasteiger partial charge in [0.15, 0.2) is 0 Å². The first-order valence-corrected chi connectivity index (χ1v) is 3.94. The Balaban J connectivity index is 2.31. The molecule has 0 spiro atoms. The molecule has 2 atom stereocenters. The highest BCUT2D eigenvalue weighted by Crippen LogP contribution is 2.33. The molecular formula is C9H16. The first kappa shape index (κ1) is 6.85. The maximum atomic E-state index is 2.34. The molecule has 0 radical (unpaired) electrons. The molecule has 52 valence electrons. The minimum Gasteiger partial charge on any atom is -0.0807 e. The van der Waals surface area contributed by atoms with Gasteiger partial charge in [0.25, 0.3) is 0 Å². The second-order valence-electron chi connectivity index (χ2n) is 3.16. The topological polar surface area (TPSA) is 0 Å². The van der Waals surface area contributed by atoms with Gasteiger partial charge in [-0.15, -0.1) is 0 Å². The third-order valence-electron chi connectivity index (χ3n) is 2.52. The highest BCUT2D eigenvalue weighted by atomic mass is 14.2. The van der Waals surface area contributed by atoms with Crippen molar-refractivity contribution >= 4 is 0 Å². The molecule has 0 N–H and O–H groups in total. The van der Waals surface area contributed by atoms with Crippen LogP contribution < -0.4 is 0 Å². The van der Waals surface area contributed by atoms with Gasteiger partial charge < -0.3 is 0 Å². The van der Waals surface area contributed by atoms with E-state index in [2.05, 4.69) is 26.8 Å². The molecule has 2 unspecified atom stereocenters. The minimum atomic E-state index is 0.856. The van der Waals surface area contributed by atoms with Gasteiger partial charge in [0.2, 0.25) is 0 Å².